The Morgan fingerprint density at radius 2 is 1.84 bits per heavy atom. The number of nitrogens with zero attached hydrogens (tertiary/aromatic N) is 3. The fourth-order valence-electron chi connectivity index (χ4n) is 3.47. The normalized spacial score (nSPS) is 15.9. The number of aromatic nitrogens is 3. The molecule has 3 aromatic rings. The van der Waals surface area contributed by atoms with Gasteiger partial charge in [-0.1, -0.05) is 6.07 Å². The molecule has 1 aliphatic heterocycles. The van der Waals surface area contributed by atoms with E-state index in [0.29, 0.717) is 41.7 Å². The van der Waals surface area contributed by atoms with Gasteiger partial charge in [0.25, 0.3) is 0 Å². The molecule has 0 amide bonds. The minimum absolute atomic E-state index is 0.0229. The number of nitrogens with one attached hydrogen (secondary N) is 2. The summed E-state index contributed by atoms with van der Waals surface area (Å²) < 4.78 is 78.4. The Labute approximate surface area is 209 Å². The van der Waals surface area contributed by atoms with E-state index in [9.17, 15) is 21.6 Å². The summed E-state index contributed by atoms with van der Waals surface area (Å²) in [6.45, 7) is 1.19. The number of carbonyl (C=O) groups is 1. The van der Waals surface area contributed by atoms with Gasteiger partial charge in [0.2, 0.25) is 21.8 Å². The van der Waals surface area contributed by atoms with Gasteiger partial charge in [0.15, 0.2) is 5.76 Å². The molecule has 0 spiro atoms. The molecule has 1 fully saturated rings. The number of rotatable bonds is 7. The van der Waals surface area contributed by atoms with Gasteiger partial charge in [-0.05, 0) is 43.7 Å². The van der Waals surface area contributed by atoms with Gasteiger partial charge in [-0.15, -0.1) is 10.2 Å². The van der Waals surface area contributed by atoms with Gasteiger partial charge >= 0.3 is 12.1 Å². The molecular weight excluding hydrogens is 523 g/mol. The Morgan fingerprint density at radius 1 is 1.19 bits per heavy atom. The van der Waals surface area contributed by atoms with Crippen molar-refractivity contribution in [2.45, 2.75) is 24.3 Å². The lowest BCUT2D eigenvalue weighted by Crippen LogP contribution is -2.41. The van der Waals surface area contributed by atoms with Crippen LogP contribution in [0.2, 0.25) is 0 Å². The number of hydrogen-bond acceptors (Lipinski definition) is 9. The number of benzene rings is 1. The first kappa shape index (κ1) is 27.8. The number of furan rings is 1. The van der Waals surface area contributed by atoms with E-state index in [0.717, 1.165) is 13.0 Å². The molecule has 2 aromatic heterocycles. The van der Waals surface area contributed by atoms with Crippen molar-refractivity contribution in [1.29, 1.82) is 0 Å². The molecule has 37 heavy (non-hydrogen) atoms. The average Bonchev–Trinajstić information content (AvgIpc) is 3.53. The Morgan fingerprint density at radius 3 is 2.32 bits per heavy atom. The number of piperidine rings is 1. The first-order chi connectivity index (χ1) is 17.5. The molecule has 0 aliphatic carbocycles. The minimum Gasteiger partial charge on any atom is -0.494 e. The van der Waals surface area contributed by atoms with Crippen molar-refractivity contribution in [2.75, 3.05) is 32.0 Å². The Kier molecular flexibility index (Phi) is 8.65. The number of ether oxygens (including phenoxy) is 2. The van der Waals surface area contributed by atoms with Crippen molar-refractivity contribution < 1.29 is 45.4 Å². The molecule has 0 bridgehead atoms. The van der Waals surface area contributed by atoms with Gasteiger partial charge in [-0.2, -0.15) is 13.2 Å². The van der Waals surface area contributed by atoms with Crippen LogP contribution in [0.5, 0.6) is 11.5 Å². The van der Waals surface area contributed by atoms with E-state index in [1.807, 2.05) is 0 Å². The number of para-hydroxylation sites is 1. The minimum atomic E-state index is -5.08. The Hall–Kier alpha value is -3.79. The fourth-order valence-corrected chi connectivity index (χ4v) is 4.84. The number of methoxy groups -OCH3 is 2. The highest BCUT2D eigenvalue weighted by Gasteiger charge is 2.38. The predicted molar refractivity (Wildman–Crippen MR) is 124 cm³/mol. The summed E-state index contributed by atoms with van der Waals surface area (Å²) >= 11 is 0. The van der Waals surface area contributed by atoms with Crippen LogP contribution in [0, 0.1) is 0 Å². The highest BCUT2D eigenvalue weighted by molar-refractivity contribution is 7.93. The molecule has 202 valence electrons. The Bertz CT molecular complexity index is 1280. The van der Waals surface area contributed by atoms with Gasteiger partial charge in [-0.25, -0.2) is 13.2 Å². The molecule has 0 unspecified atom stereocenters. The van der Waals surface area contributed by atoms with E-state index < -0.39 is 27.4 Å². The third-order valence-electron chi connectivity index (χ3n) is 5.20. The summed E-state index contributed by atoms with van der Waals surface area (Å²) in [7, 11) is -0.668. The van der Waals surface area contributed by atoms with Crippen molar-refractivity contribution in [3.8, 4) is 28.8 Å². The molecule has 3 heterocycles. The van der Waals surface area contributed by atoms with Crippen molar-refractivity contribution in [3.63, 3.8) is 0 Å². The van der Waals surface area contributed by atoms with Gasteiger partial charge in [-0.3, -0.25) is 9.29 Å². The molecule has 1 saturated heterocycles. The molecule has 0 radical (unpaired) electrons. The van der Waals surface area contributed by atoms with Crippen LogP contribution in [-0.2, 0) is 14.8 Å². The lowest BCUT2D eigenvalue weighted by atomic mass is 10.2. The lowest BCUT2D eigenvalue weighted by molar-refractivity contribution is -0.192. The molecule has 1 aliphatic rings. The highest BCUT2D eigenvalue weighted by atomic mass is 32.2. The van der Waals surface area contributed by atoms with Crippen molar-refractivity contribution >= 4 is 21.9 Å². The van der Waals surface area contributed by atoms with Crippen LogP contribution in [0.1, 0.15) is 12.8 Å². The van der Waals surface area contributed by atoms with E-state index in [2.05, 4.69) is 20.2 Å². The summed E-state index contributed by atoms with van der Waals surface area (Å²) in [5, 5.41) is 18.0. The molecule has 16 heteroatoms. The molecule has 3 N–H and O–H groups in total. The second kappa shape index (κ2) is 11.5. The zero-order valence-corrected chi connectivity index (χ0v) is 20.5. The highest BCUT2D eigenvalue weighted by Crippen LogP contribution is 2.38. The maximum absolute atomic E-state index is 13.0. The van der Waals surface area contributed by atoms with Crippen LogP contribution < -0.4 is 19.5 Å². The van der Waals surface area contributed by atoms with Crippen LogP contribution in [0.4, 0.5) is 19.1 Å². The van der Waals surface area contributed by atoms with Gasteiger partial charge in [0.1, 0.15) is 17.2 Å². The predicted octanol–water partition coefficient (Wildman–Crippen LogP) is 2.67. The summed E-state index contributed by atoms with van der Waals surface area (Å²) in [4.78, 5) is 8.90. The maximum Gasteiger partial charge on any atom is 0.490 e. The van der Waals surface area contributed by atoms with Crippen LogP contribution >= 0.6 is 0 Å². The first-order valence-electron chi connectivity index (χ1n) is 10.7. The molecule has 12 nitrogen and oxygen atoms in total. The molecule has 1 atom stereocenters. The van der Waals surface area contributed by atoms with Crippen LogP contribution in [0.3, 0.4) is 0 Å². The standard InChI is InChI=1S/C19H23N5O5S.C2HF3O2/c1-27-14-7-3-8-15(28-2)17(14)24-18(16-9-5-11-29-16)21-22-19(24)23-30(25,26)13-6-4-10-20-12-13;3-2(4,5)1(6)7/h3,5,7-9,11,13,20H,4,6,10,12H2,1-2H3,(H,22,23);(H,6,7)/t13-;/m0./s1. The van der Waals surface area contributed by atoms with Gasteiger partial charge < -0.3 is 24.3 Å². The topological polar surface area (TPSA) is 158 Å². The van der Waals surface area contributed by atoms with Gasteiger partial charge in [0, 0.05) is 6.54 Å². The summed E-state index contributed by atoms with van der Waals surface area (Å²) in [5.41, 5.74) is 0.457. The molecule has 1 aromatic carbocycles. The third-order valence-corrected chi connectivity index (χ3v) is 6.94. The first-order valence-corrected chi connectivity index (χ1v) is 12.3. The average molecular weight is 548 g/mol. The quantitative estimate of drug-likeness (QED) is 0.402. The summed E-state index contributed by atoms with van der Waals surface area (Å²) in [5.74, 6) is -1.09. The second-order valence-corrected chi connectivity index (χ2v) is 9.55. The third kappa shape index (κ3) is 6.51. The number of hydrogen-bond donors (Lipinski definition) is 3. The van der Waals surface area contributed by atoms with E-state index >= 15 is 0 Å². The zero-order chi connectivity index (χ0) is 27.2. The Balaban J connectivity index is 0.000000479. The van der Waals surface area contributed by atoms with Crippen molar-refractivity contribution in [2.24, 2.45) is 0 Å². The SMILES string of the molecule is COc1cccc(OC)c1-n1c(NS(=O)(=O)[C@H]2CCCNC2)nnc1-c1ccco1.O=C(O)C(F)(F)F. The summed E-state index contributed by atoms with van der Waals surface area (Å²) in [6.07, 6.45) is -2.22. The van der Waals surface area contributed by atoms with Gasteiger partial charge in [0.05, 0.1) is 25.7 Å². The smallest absolute Gasteiger partial charge is 0.490 e. The largest absolute Gasteiger partial charge is 0.494 e. The van der Waals surface area contributed by atoms with E-state index in [1.54, 1.807) is 30.3 Å². The maximum atomic E-state index is 13.0. The van der Waals surface area contributed by atoms with E-state index in [1.165, 1.54) is 25.0 Å². The molecular formula is C21H24F3N5O7S. The number of carboxylic acids is 1. The lowest BCUT2D eigenvalue weighted by Gasteiger charge is -2.23. The number of anilines is 1. The van der Waals surface area contributed by atoms with Crippen molar-refractivity contribution in [1.82, 2.24) is 20.1 Å². The monoisotopic (exact) mass is 547 g/mol. The van der Waals surface area contributed by atoms with Crippen molar-refractivity contribution in [3.05, 3.63) is 36.6 Å². The number of aliphatic carboxylic acids is 1. The number of alkyl halides is 3. The number of sulfonamides is 1. The van der Waals surface area contributed by atoms with Crippen LogP contribution in [0.25, 0.3) is 17.3 Å². The zero-order valence-electron chi connectivity index (χ0n) is 19.7. The van der Waals surface area contributed by atoms with E-state index in [-0.39, 0.29) is 5.95 Å². The van der Waals surface area contributed by atoms with E-state index in [4.69, 9.17) is 23.8 Å². The second-order valence-electron chi connectivity index (χ2n) is 7.59. The number of halogens is 3. The molecule has 4 rings (SSSR count). The summed E-state index contributed by atoms with van der Waals surface area (Å²) in [6, 6.07) is 8.69. The molecule has 0 saturated carbocycles. The van der Waals surface area contributed by atoms with Crippen LogP contribution in [0.15, 0.2) is 41.0 Å². The number of carboxylic acid groups (broad SMARTS) is 1. The van der Waals surface area contributed by atoms with Crippen LogP contribution in [-0.4, -0.2) is 73.0 Å². The fraction of sp³-hybridized carbons (Fsp3) is 0.381.